The zero-order chi connectivity index (χ0) is 17.9. The number of likely N-dealkylation sites (N-methyl/N-ethyl adjacent to an activating group) is 1. The Morgan fingerprint density at radius 3 is 2.46 bits per heavy atom. The van der Waals surface area contributed by atoms with Crippen molar-refractivity contribution in [2.45, 2.75) is 51.1 Å². The van der Waals surface area contributed by atoms with Gasteiger partial charge in [-0.05, 0) is 51.9 Å². The van der Waals surface area contributed by atoms with Gasteiger partial charge in [-0.15, -0.1) is 0 Å². The number of rotatable bonds is 5. The van der Waals surface area contributed by atoms with Crippen LogP contribution in [0, 0.1) is 5.82 Å². The van der Waals surface area contributed by atoms with Gasteiger partial charge in [0.15, 0.2) is 0 Å². The van der Waals surface area contributed by atoms with Crippen LogP contribution in [-0.2, 0) is 4.79 Å². The minimum atomic E-state index is -0.698. The lowest BCUT2D eigenvalue weighted by molar-refractivity contribution is -0.126. The summed E-state index contributed by atoms with van der Waals surface area (Å²) >= 11 is 0. The van der Waals surface area contributed by atoms with Gasteiger partial charge in [0, 0.05) is 18.8 Å². The second-order valence-corrected chi connectivity index (χ2v) is 6.84. The molecule has 0 atom stereocenters. The number of anilines is 1. The molecule has 1 fully saturated rings. The molecule has 6 heteroatoms. The highest BCUT2D eigenvalue weighted by Crippen LogP contribution is 2.28. The van der Waals surface area contributed by atoms with Crippen molar-refractivity contribution in [3.8, 4) is 0 Å². The summed E-state index contributed by atoms with van der Waals surface area (Å²) in [7, 11) is 3.41. The summed E-state index contributed by atoms with van der Waals surface area (Å²) in [6.45, 7) is 3.76. The molecular formula is C18H26FN3O2. The number of carbonyl (C=O) groups is 2. The zero-order valence-corrected chi connectivity index (χ0v) is 14.8. The van der Waals surface area contributed by atoms with Gasteiger partial charge < -0.3 is 10.6 Å². The molecule has 1 aromatic rings. The molecule has 1 saturated carbocycles. The van der Waals surface area contributed by atoms with Gasteiger partial charge in [0.25, 0.3) is 5.91 Å². The minimum Gasteiger partial charge on any atom is -0.355 e. The lowest BCUT2D eigenvalue weighted by Crippen LogP contribution is -2.54. The first-order valence-electron chi connectivity index (χ1n) is 8.33. The van der Waals surface area contributed by atoms with Gasteiger partial charge >= 0.3 is 0 Å². The Balaban J connectivity index is 2.14. The molecular weight excluding hydrogens is 309 g/mol. The number of amides is 2. The quantitative estimate of drug-likeness (QED) is 0.870. The van der Waals surface area contributed by atoms with E-state index in [1.807, 2.05) is 20.9 Å². The Bertz CT molecular complexity index is 625. The van der Waals surface area contributed by atoms with Crippen LogP contribution >= 0.6 is 0 Å². The van der Waals surface area contributed by atoms with Gasteiger partial charge in [-0.25, -0.2) is 4.39 Å². The average molecular weight is 335 g/mol. The van der Waals surface area contributed by atoms with Crippen LogP contribution in [0.25, 0.3) is 0 Å². The second-order valence-electron chi connectivity index (χ2n) is 6.84. The summed E-state index contributed by atoms with van der Waals surface area (Å²) in [5.74, 6) is -1.31. The van der Waals surface area contributed by atoms with E-state index in [0.717, 1.165) is 12.8 Å². The summed E-state index contributed by atoms with van der Waals surface area (Å²) in [6, 6.07) is 4.41. The first-order chi connectivity index (χ1) is 11.3. The number of hydrogen-bond donors (Lipinski definition) is 2. The van der Waals surface area contributed by atoms with Crippen molar-refractivity contribution >= 4 is 17.5 Å². The largest absolute Gasteiger partial charge is 0.355 e. The molecule has 0 radical (unpaired) electrons. The zero-order valence-electron chi connectivity index (χ0n) is 14.8. The predicted molar refractivity (Wildman–Crippen MR) is 92.5 cm³/mol. The standard InChI is InChI=1S/C18H26FN3O2/c1-18(2,22(4)13-7-5-6-8-13)17(24)21-12-9-10-15(19)14(11-12)16(23)20-3/h9-11,13H,5-8H2,1-4H3,(H,20,23)(H,21,24). The van der Waals surface area contributed by atoms with Gasteiger partial charge in [-0.1, -0.05) is 12.8 Å². The topological polar surface area (TPSA) is 61.4 Å². The SMILES string of the molecule is CNC(=O)c1cc(NC(=O)C(C)(C)N(C)C2CCCC2)ccc1F. The highest BCUT2D eigenvalue weighted by molar-refractivity contribution is 6.00. The van der Waals surface area contributed by atoms with Crippen LogP contribution in [0.2, 0.25) is 0 Å². The third-order valence-corrected chi connectivity index (χ3v) is 5.01. The average Bonchev–Trinajstić information content (AvgIpc) is 3.09. The summed E-state index contributed by atoms with van der Waals surface area (Å²) in [5, 5.41) is 5.19. The van der Waals surface area contributed by atoms with E-state index >= 15 is 0 Å². The van der Waals surface area contributed by atoms with Gasteiger partial charge in [-0.3, -0.25) is 14.5 Å². The van der Waals surface area contributed by atoms with Gasteiger partial charge in [-0.2, -0.15) is 0 Å². The van der Waals surface area contributed by atoms with Crippen LogP contribution in [-0.4, -0.2) is 42.4 Å². The lowest BCUT2D eigenvalue weighted by Gasteiger charge is -2.38. The Labute approximate surface area is 142 Å². The third-order valence-electron chi connectivity index (χ3n) is 5.01. The summed E-state index contributed by atoms with van der Waals surface area (Å²) in [4.78, 5) is 26.5. The highest BCUT2D eigenvalue weighted by Gasteiger charge is 2.37. The van der Waals surface area contributed by atoms with Crippen LogP contribution in [0.15, 0.2) is 18.2 Å². The first kappa shape index (κ1) is 18.4. The number of hydrogen-bond acceptors (Lipinski definition) is 3. The van der Waals surface area contributed by atoms with Gasteiger partial charge in [0.05, 0.1) is 11.1 Å². The summed E-state index contributed by atoms with van der Waals surface area (Å²) in [5.41, 5.74) is -0.374. The first-order valence-corrected chi connectivity index (χ1v) is 8.33. The van der Waals surface area contributed by atoms with Gasteiger partial charge in [0.1, 0.15) is 5.82 Å². The van der Waals surface area contributed by atoms with E-state index in [1.165, 1.54) is 38.1 Å². The van der Waals surface area contributed by atoms with E-state index in [0.29, 0.717) is 11.7 Å². The molecule has 24 heavy (non-hydrogen) atoms. The molecule has 1 aliphatic carbocycles. The van der Waals surface area contributed by atoms with E-state index in [4.69, 9.17) is 0 Å². The van der Waals surface area contributed by atoms with Crippen LogP contribution in [0.5, 0.6) is 0 Å². The molecule has 0 unspecified atom stereocenters. The third kappa shape index (κ3) is 3.75. The fourth-order valence-corrected chi connectivity index (χ4v) is 3.10. The normalized spacial score (nSPS) is 15.6. The van der Waals surface area contributed by atoms with Crippen molar-refractivity contribution in [3.05, 3.63) is 29.6 Å². The van der Waals surface area contributed by atoms with Crippen molar-refractivity contribution in [2.24, 2.45) is 0 Å². The molecule has 0 aromatic heterocycles. The van der Waals surface area contributed by atoms with Crippen molar-refractivity contribution in [3.63, 3.8) is 0 Å². The summed E-state index contributed by atoms with van der Waals surface area (Å²) in [6.07, 6.45) is 4.59. The molecule has 2 N–H and O–H groups in total. The molecule has 1 aliphatic rings. The van der Waals surface area contributed by atoms with Crippen LogP contribution in [0.4, 0.5) is 10.1 Å². The molecule has 132 valence electrons. The van der Waals surface area contributed by atoms with Crippen LogP contribution in [0.1, 0.15) is 49.9 Å². The maximum absolute atomic E-state index is 13.7. The van der Waals surface area contributed by atoms with Gasteiger partial charge in [0.2, 0.25) is 5.91 Å². The number of benzene rings is 1. The van der Waals surface area contributed by atoms with Crippen molar-refractivity contribution in [1.82, 2.24) is 10.2 Å². The molecule has 0 aliphatic heterocycles. The monoisotopic (exact) mass is 335 g/mol. The molecule has 2 amide bonds. The highest BCUT2D eigenvalue weighted by atomic mass is 19.1. The molecule has 0 spiro atoms. The number of carbonyl (C=O) groups excluding carboxylic acids is 2. The lowest BCUT2D eigenvalue weighted by atomic mass is 9.98. The fourth-order valence-electron chi connectivity index (χ4n) is 3.10. The molecule has 1 aromatic carbocycles. The molecule has 2 rings (SSSR count). The van der Waals surface area contributed by atoms with Crippen molar-refractivity contribution in [1.29, 1.82) is 0 Å². The summed E-state index contributed by atoms with van der Waals surface area (Å²) < 4.78 is 13.7. The number of halogens is 1. The maximum atomic E-state index is 13.7. The Morgan fingerprint density at radius 2 is 1.88 bits per heavy atom. The molecule has 0 bridgehead atoms. The molecule has 5 nitrogen and oxygen atoms in total. The van der Waals surface area contributed by atoms with E-state index < -0.39 is 17.3 Å². The molecule has 0 saturated heterocycles. The fraction of sp³-hybridized carbons (Fsp3) is 0.556. The van der Waals surface area contributed by atoms with Crippen LogP contribution in [0.3, 0.4) is 0 Å². The van der Waals surface area contributed by atoms with E-state index in [-0.39, 0.29) is 11.5 Å². The van der Waals surface area contributed by atoms with E-state index in [1.54, 1.807) is 0 Å². The van der Waals surface area contributed by atoms with Crippen molar-refractivity contribution < 1.29 is 14.0 Å². The van der Waals surface area contributed by atoms with E-state index in [2.05, 4.69) is 15.5 Å². The Hall–Kier alpha value is -1.95. The molecule has 0 heterocycles. The second kappa shape index (κ2) is 7.30. The minimum absolute atomic E-state index is 0.0859. The van der Waals surface area contributed by atoms with Crippen LogP contribution < -0.4 is 10.6 Å². The predicted octanol–water partition coefficient (Wildman–Crippen LogP) is 2.78. The maximum Gasteiger partial charge on any atom is 0.254 e. The Morgan fingerprint density at radius 1 is 1.25 bits per heavy atom. The Kier molecular flexibility index (Phi) is 5.59. The van der Waals surface area contributed by atoms with E-state index in [9.17, 15) is 14.0 Å². The van der Waals surface area contributed by atoms with Crippen molar-refractivity contribution in [2.75, 3.05) is 19.4 Å². The smallest absolute Gasteiger partial charge is 0.254 e. The number of nitrogens with one attached hydrogen (secondary N) is 2. The number of nitrogens with zero attached hydrogens (tertiary/aromatic N) is 1.